The summed E-state index contributed by atoms with van der Waals surface area (Å²) in [6.07, 6.45) is 0.0815. The van der Waals surface area contributed by atoms with Gasteiger partial charge in [-0.3, -0.25) is 4.79 Å². The number of benzene rings is 1. The molecule has 0 aromatic heterocycles. The van der Waals surface area contributed by atoms with Gasteiger partial charge in [0.25, 0.3) is 0 Å². The summed E-state index contributed by atoms with van der Waals surface area (Å²) in [6.45, 7) is 5.21. The first-order chi connectivity index (χ1) is 11.8. The van der Waals surface area contributed by atoms with Gasteiger partial charge in [-0.05, 0) is 24.3 Å². The minimum atomic E-state index is -1.04. The lowest BCUT2D eigenvalue weighted by molar-refractivity contribution is -0.149. The molecule has 1 fully saturated rings. The van der Waals surface area contributed by atoms with Crippen molar-refractivity contribution in [3.63, 3.8) is 0 Å². The molecular formula is C19H20FNO4. The number of allylic oxidation sites excluding steroid dienone is 1. The van der Waals surface area contributed by atoms with Crippen LogP contribution in [0.25, 0.3) is 0 Å². The number of ether oxygens (including phenoxy) is 2. The molecule has 0 spiro atoms. The molecule has 0 heterocycles. The van der Waals surface area contributed by atoms with E-state index in [0.717, 1.165) is 6.08 Å². The third-order valence-corrected chi connectivity index (χ3v) is 4.41. The minimum Gasteiger partial charge on any atom is -0.461 e. The molecular weight excluding hydrogens is 325 g/mol. The number of halogens is 1. The van der Waals surface area contributed by atoms with E-state index in [-0.39, 0.29) is 6.61 Å². The summed E-state index contributed by atoms with van der Waals surface area (Å²) < 4.78 is 23.7. The van der Waals surface area contributed by atoms with Crippen LogP contribution in [0.4, 0.5) is 4.39 Å². The normalized spacial score (nSPS) is 22.4. The second-order valence-electron chi connectivity index (χ2n) is 6.42. The molecule has 1 unspecified atom stereocenters. The van der Waals surface area contributed by atoms with E-state index in [0.29, 0.717) is 5.56 Å². The Kier molecular flexibility index (Phi) is 5.58. The predicted octanol–water partition coefficient (Wildman–Crippen LogP) is 3.48. The molecule has 1 aromatic carbocycles. The van der Waals surface area contributed by atoms with Crippen LogP contribution in [0, 0.1) is 28.6 Å². The number of nitrogens with zero attached hydrogens (tertiary/aromatic N) is 1. The van der Waals surface area contributed by atoms with Crippen molar-refractivity contribution in [2.75, 3.05) is 6.61 Å². The molecule has 1 aromatic rings. The van der Waals surface area contributed by atoms with Gasteiger partial charge >= 0.3 is 11.9 Å². The van der Waals surface area contributed by atoms with Crippen molar-refractivity contribution in [1.29, 1.82) is 5.26 Å². The molecule has 0 bridgehead atoms. The molecule has 1 aliphatic carbocycles. The average molecular weight is 345 g/mol. The molecule has 132 valence electrons. The lowest BCUT2D eigenvalue weighted by Crippen LogP contribution is -2.14. The maximum atomic E-state index is 13.8. The number of rotatable bonds is 6. The summed E-state index contributed by atoms with van der Waals surface area (Å²) >= 11 is 0. The highest BCUT2D eigenvalue weighted by Gasteiger charge is 2.62. The zero-order valence-corrected chi connectivity index (χ0v) is 14.4. The summed E-state index contributed by atoms with van der Waals surface area (Å²) in [5.41, 5.74) is 0.0130. The fourth-order valence-electron chi connectivity index (χ4n) is 2.85. The van der Waals surface area contributed by atoms with Crippen LogP contribution in [0.3, 0.4) is 0 Å². The van der Waals surface area contributed by atoms with Crippen molar-refractivity contribution in [3.8, 4) is 6.07 Å². The van der Waals surface area contributed by atoms with Gasteiger partial charge in [-0.1, -0.05) is 44.2 Å². The Morgan fingerprint density at radius 3 is 2.56 bits per heavy atom. The zero-order chi connectivity index (χ0) is 18.6. The van der Waals surface area contributed by atoms with Crippen LogP contribution in [0.2, 0.25) is 0 Å². The van der Waals surface area contributed by atoms with E-state index >= 15 is 0 Å². The van der Waals surface area contributed by atoms with Gasteiger partial charge in [0.1, 0.15) is 6.07 Å². The highest BCUT2D eigenvalue weighted by Crippen LogP contribution is 2.60. The largest absolute Gasteiger partial charge is 0.461 e. The van der Waals surface area contributed by atoms with Crippen molar-refractivity contribution in [2.24, 2.45) is 17.3 Å². The van der Waals surface area contributed by atoms with Crippen molar-refractivity contribution < 1.29 is 23.5 Å². The SMILES string of the molecule is CCOC(=O)C(F)=C[C@H]1[C@@H](C(=O)OC(C#N)c2ccccc2)C1(C)C. The number of nitriles is 1. The fourth-order valence-corrected chi connectivity index (χ4v) is 2.85. The second-order valence-corrected chi connectivity index (χ2v) is 6.42. The Labute approximate surface area is 146 Å². The van der Waals surface area contributed by atoms with Crippen LogP contribution in [0.15, 0.2) is 42.2 Å². The number of hydrogen-bond acceptors (Lipinski definition) is 5. The average Bonchev–Trinajstić information content (AvgIpc) is 3.13. The summed E-state index contributed by atoms with van der Waals surface area (Å²) in [4.78, 5) is 23.8. The predicted molar refractivity (Wildman–Crippen MR) is 87.5 cm³/mol. The van der Waals surface area contributed by atoms with Gasteiger partial charge in [0.05, 0.1) is 12.5 Å². The molecule has 0 radical (unpaired) electrons. The lowest BCUT2D eigenvalue weighted by atomic mass is 10.1. The molecule has 6 heteroatoms. The van der Waals surface area contributed by atoms with Crippen LogP contribution in [0.5, 0.6) is 0 Å². The summed E-state index contributed by atoms with van der Waals surface area (Å²) in [6, 6.07) is 10.6. The molecule has 0 aliphatic heterocycles. The van der Waals surface area contributed by atoms with Crippen LogP contribution in [0.1, 0.15) is 32.4 Å². The van der Waals surface area contributed by atoms with Gasteiger partial charge in [0.2, 0.25) is 11.9 Å². The molecule has 5 nitrogen and oxygen atoms in total. The van der Waals surface area contributed by atoms with Gasteiger partial charge in [-0.2, -0.15) is 9.65 Å². The standard InChI is InChI=1S/C19H20FNO4/c1-4-24-17(22)14(20)10-13-16(19(13,2)3)18(23)25-15(11-21)12-8-6-5-7-9-12/h5-10,13,15-16H,4H2,1-3H3/t13-,15?,16-/m0/s1. The maximum Gasteiger partial charge on any atom is 0.366 e. The molecule has 25 heavy (non-hydrogen) atoms. The van der Waals surface area contributed by atoms with E-state index in [1.165, 1.54) is 0 Å². The van der Waals surface area contributed by atoms with E-state index in [9.17, 15) is 19.2 Å². The quantitative estimate of drug-likeness (QED) is 0.583. The Hall–Kier alpha value is -2.68. The number of carbonyl (C=O) groups excluding carboxylic acids is 2. The van der Waals surface area contributed by atoms with Gasteiger partial charge in [-0.15, -0.1) is 0 Å². The maximum absolute atomic E-state index is 13.8. The molecule has 2 rings (SSSR count). The van der Waals surface area contributed by atoms with Gasteiger partial charge in [-0.25, -0.2) is 4.79 Å². The first-order valence-electron chi connectivity index (χ1n) is 8.02. The Morgan fingerprint density at radius 2 is 2.00 bits per heavy atom. The fraction of sp³-hybridized carbons (Fsp3) is 0.421. The number of carbonyl (C=O) groups is 2. The van der Waals surface area contributed by atoms with Crippen LogP contribution in [-0.4, -0.2) is 18.5 Å². The Morgan fingerprint density at radius 1 is 1.36 bits per heavy atom. The van der Waals surface area contributed by atoms with Crippen LogP contribution < -0.4 is 0 Å². The Balaban J connectivity index is 2.08. The smallest absolute Gasteiger partial charge is 0.366 e. The van der Waals surface area contributed by atoms with E-state index in [2.05, 4.69) is 4.74 Å². The highest BCUT2D eigenvalue weighted by molar-refractivity contribution is 5.87. The highest BCUT2D eigenvalue weighted by atomic mass is 19.1. The van der Waals surface area contributed by atoms with Gasteiger partial charge < -0.3 is 9.47 Å². The van der Waals surface area contributed by atoms with Crippen molar-refractivity contribution >= 4 is 11.9 Å². The summed E-state index contributed by atoms with van der Waals surface area (Å²) in [5.74, 6) is -3.75. The van der Waals surface area contributed by atoms with E-state index in [1.807, 2.05) is 6.07 Å². The third kappa shape index (κ3) is 4.05. The Bertz CT molecular complexity index is 721. The zero-order valence-electron chi connectivity index (χ0n) is 14.4. The van der Waals surface area contributed by atoms with E-state index < -0.39 is 41.1 Å². The van der Waals surface area contributed by atoms with Crippen molar-refractivity contribution in [2.45, 2.75) is 26.9 Å². The van der Waals surface area contributed by atoms with Crippen LogP contribution >= 0.6 is 0 Å². The van der Waals surface area contributed by atoms with Gasteiger partial charge in [0, 0.05) is 5.56 Å². The summed E-state index contributed by atoms with van der Waals surface area (Å²) in [5, 5.41) is 9.24. The first-order valence-corrected chi connectivity index (χ1v) is 8.02. The van der Waals surface area contributed by atoms with Gasteiger partial charge in [0.15, 0.2) is 0 Å². The molecule has 0 amide bonds. The number of esters is 2. The van der Waals surface area contributed by atoms with Crippen molar-refractivity contribution in [3.05, 3.63) is 47.8 Å². The molecule has 1 saturated carbocycles. The molecule has 0 N–H and O–H groups in total. The minimum absolute atomic E-state index is 0.0700. The van der Waals surface area contributed by atoms with E-state index in [1.54, 1.807) is 51.1 Å². The number of hydrogen-bond donors (Lipinski definition) is 0. The molecule has 1 aliphatic rings. The third-order valence-electron chi connectivity index (χ3n) is 4.41. The molecule has 3 atom stereocenters. The topological polar surface area (TPSA) is 76.4 Å². The first kappa shape index (κ1) is 18.7. The van der Waals surface area contributed by atoms with Crippen molar-refractivity contribution in [1.82, 2.24) is 0 Å². The van der Waals surface area contributed by atoms with Crippen LogP contribution in [-0.2, 0) is 19.1 Å². The molecule has 0 saturated heterocycles. The second kappa shape index (κ2) is 7.47. The lowest BCUT2D eigenvalue weighted by Gasteiger charge is -2.11. The van der Waals surface area contributed by atoms with E-state index in [4.69, 9.17) is 4.74 Å². The monoisotopic (exact) mass is 345 g/mol. The summed E-state index contributed by atoms with van der Waals surface area (Å²) in [7, 11) is 0.